The smallest absolute Gasteiger partial charge is 0.236 e. The number of pyridine rings is 1. The fraction of sp³-hybridized carbons (Fsp3) is 0.600. The minimum atomic E-state index is -0.921. The van der Waals surface area contributed by atoms with Crippen molar-refractivity contribution in [2.24, 2.45) is 0 Å². The molecule has 0 bridgehead atoms. The van der Waals surface area contributed by atoms with Crippen molar-refractivity contribution in [1.29, 1.82) is 10.7 Å². The van der Waals surface area contributed by atoms with Crippen LogP contribution in [0.3, 0.4) is 0 Å². The zero-order valence-corrected chi connectivity index (χ0v) is 24.8. The number of carbonyl (C=O) groups is 1. The number of hydrogen-bond donors (Lipinski definition) is 4. The molecule has 5 heterocycles. The van der Waals surface area contributed by atoms with E-state index in [1.807, 2.05) is 13.0 Å². The van der Waals surface area contributed by atoms with Crippen molar-refractivity contribution in [2.75, 3.05) is 67.9 Å². The first-order valence-corrected chi connectivity index (χ1v) is 15.9. The quantitative estimate of drug-likeness (QED) is 0.316. The summed E-state index contributed by atoms with van der Waals surface area (Å²) in [7, 11) is 0. The molecule has 2 aromatic heterocycles. The van der Waals surface area contributed by atoms with E-state index in [9.17, 15) is 10.1 Å². The highest BCUT2D eigenvalue weighted by molar-refractivity contribution is 7.16. The molecule has 0 spiro atoms. The van der Waals surface area contributed by atoms with Gasteiger partial charge in [0.1, 0.15) is 22.6 Å². The Bertz CT molecular complexity index is 1350. The van der Waals surface area contributed by atoms with Crippen LogP contribution in [-0.4, -0.2) is 80.0 Å². The van der Waals surface area contributed by atoms with Gasteiger partial charge in [0.05, 0.1) is 11.0 Å². The van der Waals surface area contributed by atoms with E-state index in [1.165, 1.54) is 37.3 Å². The summed E-state index contributed by atoms with van der Waals surface area (Å²) in [5, 5.41) is 25.6. The summed E-state index contributed by atoms with van der Waals surface area (Å²) in [6.07, 6.45) is 7.12. The van der Waals surface area contributed by atoms with Crippen LogP contribution in [0.5, 0.6) is 0 Å². The lowest BCUT2D eigenvalue weighted by atomic mass is 9.72. The van der Waals surface area contributed by atoms with Gasteiger partial charge in [0.25, 0.3) is 0 Å². The number of carbonyl (C=O) groups excluding carboxylic acids is 1. The molecule has 4 aliphatic rings. The molecule has 0 aromatic carbocycles. The Morgan fingerprint density at radius 3 is 2.59 bits per heavy atom. The third-order valence-electron chi connectivity index (χ3n) is 9.47. The molecule has 1 unspecified atom stereocenters. The third-order valence-corrected chi connectivity index (χ3v) is 10.6. The van der Waals surface area contributed by atoms with Crippen LogP contribution in [0.15, 0.2) is 12.1 Å². The van der Waals surface area contributed by atoms with Gasteiger partial charge < -0.3 is 31.1 Å². The molecule has 2 aromatic rings. The molecule has 6 rings (SSSR count). The molecule has 1 amide bonds. The molecule has 0 radical (unpaired) electrons. The topological polar surface area (TPSA) is 137 Å². The molecule has 1 aliphatic carbocycles. The van der Waals surface area contributed by atoms with Gasteiger partial charge in [-0.15, -0.1) is 11.3 Å². The summed E-state index contributed by atoms with van der Waals surface area (Å²) < 4.78 is 0. The van der Waals surface area contributed by atoms with Gasteiger partial charge in [0.2, 0.25) is 5.91 Å². The summed E-state index contributed by atoms with van der Waals surface area (Å²) >= 11 is 1.41. The van der Waals surface area contributed by atoms with Crippen molar-refractivity contribution < 1.29 is 4.79 Å². The lowest BCUT2D eigenvalue weighted by Gasteiger charge is -2.38. The van der Waals surface area contributed by atoms with Crippen LogP contribution in [0.25, 0.3) is 0 Å². The van der Waals surface area contributed by atoms with Crippen LogP contribution in [0, 0.1) is 16.7 Å². The first kappa shape index (κ1) is 27.9. The molecular weight excluding hydrogens is 534 g/mol. The molecule has 0 saturated carbocycles. The second-order valence-corrected chi connectivity index (χ2v) is 13.2. The standard InChI is InChI=1S/C30H41N9OS/c1-30(8-4-5-24-26(30)22(19-31)28(33)41-24)29(40)36-27(32)23-17-21(38-15-9-34-10-16-38)18-25(35-23)39-13-6-20(7-14-39)37-11-2-3-12-37/h17-18,20,34H,2-16,33H2,1H3,(H2,32,36,40). The Morgan fingerprint density at radius 2 is 1.88 bits per heavy atom. The third kappa shape index (κ3) is 5.41. The average Bonchev–Trinajstić information content (AvgIpc) is 3.66. The van der Waals surface area contributed by atoms with E-state index in [0.717, 1.165) is 86.9 Å². The lowest BCUT2D eigenvalue weighted by molar-refractivity contribution is -0.125. The van der Waals surface area contributed by atoms with E-state index in [4.69, 9.17) is 16.1 Å². The predicted octanol–water partition coefficient (Wildman–Crippen LogP) is 2.81. The highest BCUT2D eigenvalue weighted by Gasteiger charge is 2.43. The summed E-state index contributed by atoms with van der Waals surface area (Å²) in [4.78, 5) is 27.1. The van der Waals surface area contributed by atoms with Crippen molar-refractivity contribution in [3.8, 4) is 6.07 Å². The Labute approximate surface area is 246 Å². The number of amides is 1. The largest absolute Gasteiger partial charge is 0.389 e. The number of nitrogens with one attached hydrogen (secondary N) is 3. The number of hydrogen-bond acceptors (Lipinski definition) is 10. The second-order valence-electron chi connectivity index (χ2n) is 12.0. The first-order valence-electron chi connectivity index (χ1n) is 15.1. The van der Waals surface area contributed by atoms with E-state index >= 15 is 0 Å². The first-order chi connectivity index (χ1) is 19.9. The average molecular weight is 576 g/mol. The van der Waals surface area contributed by atoms with Crippen LogP contribution >= 0.6 is 11.3 Å². The number of amidine groups is 1. The Hall–Kier alpha value is -3.20. The molecule has 41 heavy (non-hydrogen) atoms. The molecule has 218 valence electrons. The summed E-state index contributed by atoms with van der Waals surface area (Å²) in [6.45, 7) is 9.79. The zero-order chi connectivity index (χ0) is 28.6. The number of fused-ring (bicyclic) bond motifs is 1. The molecule has 10 nitrogen and oxygen atoms in total. The van der Waals surface area contributed by atoms with Gasteiger partial charge >= 0.3 is 0 Å². The Kier molecular flexibility index (Phi) is 7.90. The zero-order valence-electron chi connectivity index (χ0n) is 24.0. The van der Waals surface area contributed by atoms with Gasteiger partial charge in [-0.2, -0.15) is 5.26 Å². The normalized spacial score (nSPS) is 23.7. The number of anilines is 3. The summed E-state index contributed by atoms with van der Waals surface area (Å²) in [5.74, 6) is 0.591. The van der Waals surface area contributed by atoms with Crippen molar-refractivity contribution in [2.45, 2.75) is 63.3 Å². The number of likely N-dealkylation sites (tertiary alicyclic amines) is 1. The van der Waals surface area contributed by atoms with E-state index in [2.05, 4.69) is 37.5 Å². The number of nitrogen functional groups attached to an aromatic ring is 1. The van der Waals surface area contributed by atoms with Crippen LogP contribution in [-0.2, 0) is 16.6 Å². The molecule has 5 N–H and O–H groups in total. The number of nitrogens with two attached hydrogens (primary N) is 1. The van der Waals surface area contributed by atoms with Gasteiger partial charge in [-0.3, -0.25) is 10.2 Å². The lowest BCUT2D eigenvalue weighted by Crippen LogP contribution is -2.47. The van der Waals surface area contributed by atoms with E-state index in [0.29, 0.717) is 28.7 Å². The number of nitrogens with zero attached hydrogens (tertiary/aromatic N) is 5. The fourth-order valence-corrected chi connectivity index (χ4v) is 8.29. The molecule has 11 heteroatoms. The SMILES string of the molecule is CC1(C(=O)NC(=N)c2cc(N3CCNCC3)cc(N3CCC(N4CCCC4)CC3)n2)CCCc2sc(N)c(C#N)c21. The maximum absolute atomic E-state index is 13.8. The maximum atomic E-state index is 13.8. The minimum absolute atomic E-state index is 0.00440. The van der Waals surface area contributed by atoms with Gasteiger partial charge in [-0.1, -0.05) is 0 Å². The number of aromatic nitrogens is 1. The molecule has 3 fully saturated rings. The summed E-state index contributed by atoms with van der Waals surface area (Å²) in [6, 6.07) is 6.96. The summed E-state index contributed by atoms with van der Waals surface area (Å²) in [5.41, 5.74) is 7.89. The van der Waals surface area contributed by atoms with Gasteiger partial charge in [-0.05, 0) is 71.0 Å². The molecule has 1 atom stereocenters. The highest BCUT2D eigenvalue weighted by Crippen LogP contribution is 2.45. The minimum Gasteiger partial charge on any atom is -0.389 e. The number of piperidine rings is 1. The number of aryl methyl sites for hydroxylation is 1. The second kappa shape index (κ2) is 11.6. The molecule has 3 aliphatic heterocycles. The van der Waals surface area contributed by atoms with Gasteiger partial charge in [0, 0.05) is 67.5 Å². The van der Waals surface area contributed by atoms with Crippen molar-refractivity contribution in [3.05, 3.63) is 33.8 Å². The molecule has 3 saturated heterocycles. The van der Waals surface area contributed by atoms with Crippen LogP contribution in [0.2, 0.25) is 0 Å². The van der Waals surface area contributed by atoms with Crippen molar-refractivity contribution in [1.82, 2.24) is 20.5 Å². The number of nitriles is 1. The number of thiophene rings is 1. The monoisotopic (exact) mass is 575 g/mol. The van der Waals surface area contributed by atoms with E-state index in [-0.39, 0.29) is 11.7 Å². The number of piperazine rings is 1. The Balaban J connectivity index is 1.25. The predicted molar refractivity (Wildman–Crippen MR) is 164 cm³/mol. The molecular formula is C30H41N9OS. The van der Waals surface area contributed by atoms with E-state index in [1.54, 1.807) is 0 Å². The van der Waals surface area contributed by atoms with Crippen LogP contribution in [0.4, 0.5) is 16.5 Å². The number of rotatable bonds is 5. The van der Waals surface area contributed by atoms with E-state index < -0.39 is 5.41 Å². The van der Waals surface area contributed by atoms with Gasteiger partial charge in [0.15, 0.2) is 5.84 Å². The van der Waals surface area contributed by atoms with Crippen LogP contribution in [0.1, 0.15) is 67.1 Å². The Morgan fingerprint density at radius 1 is 1.15 bits per heavy atom. The highest BCUT2D eigenvalue weighted by atomic mass is 32.1. The maximum Gasteiger partial charge on any atom is 0.236 e. The van der Waals surface area contributed by atoms with Crippen molar-refractivity contribution in [3.63, 3.8) is 0 Å². The van der Waals surface area contributed by atoms with Gasteiger partial charge in [-0.25, -0.2) is 4.98 Å². The van der Waals surface area contributed by atoms with Crippen molar-refractivity contribution >= 4 is 39.6 Å². The van der Waals surface area contributed by atoms with Crippen LogP contribution < -0.4 is 26.2 Å². The fourth-order valence-electron chi connectivity index (χ4n) is 7.10.